The molecule has 0 fully saturated rings. The van der Waals surface area contributed by atoms with Crippen LogP contribution in [0.25, 0.3) is 11.3 Å². The average molecular weight is 289 g/mol. The molecule has 2 heterocycles. The maximum absolute atomic E-state index is 12.1. The molecule has 108 valence electrons. The van der Waals surface area contributed by atoms with Crippen molar-refractivity contribution in [1.82, 2.24) is 15.3 Å². The van der Waals surface area contributed by atoms with Crippen molar-refractivity contribution in [3.63, 3.8) is 0 Å². The van der Waals surface area contributed by atoms with Crippen molar-refractivity contribution in [3.8, 4) is 11.3 Å². The van der Waals surface area contributed by atoms with E-state index in [1.165, 1.54) is 0 Å². The van der Waals surface area contributed by atoms with Gasteiger partial charge in [-0.2, -0.15) is 0 Å². The summed E-state index contributed by atoms with van der Waals surface area (Å²) in [4.78, 5) is 20.6. The highest BCUT2D eigenvalue weighted by atomic mass is 16.1. The predicted molar refractivity (Wildman–Crippen MR) is 85.1 cm³/mol. The first-order chi connectivity index (χ1) is 10.8. The van der Waals surface area contributed by atoms with E-state index in [1.54, 1.807) is 24.5 Å². The molecule has 3 rings (SSSR count). The van der Waals surface area contributed by atoms with Crippen molar-refractivity contribution in [2.24, 2.45) is 0 Å². The smallest absolute Gasteiger partial charge is 0.251 e. The Kier molecular flexibility index (Phi) is 4.20. The molecule has 0 spiro atoms. The number of nitrogens with zero attached hydrogens (tertiary/aromatic N) is 2. The molecule has 4 heteroatoms. The van der Waals surface area contributed by atoms with Gasteiger partial charge in [-0.3, -0.25) is 14.8 Å². The van der Waals surface area contributed by atoms with Gasteiger partial charge in [0.25, 0.3) is 5.91 Å². The Bertz CT molecular complexity index is 740. The normalized spacial score (nSPS) is 10.2. The van der Waals surface area contributed by atoms with Crippen LogP contribution in [0.4, 0.5) is 0 Å². The highest BCUT2D eigenvalue weighted by Gasteiger charge is 2.06. The summed E-state index contributed by atoms with van der Waals surface area (Å²) < 4.78 is 0. The minimum atomic E-state index is -0.113. The fourth-order valence-electron chi connectivity index (χ4n) is 2.10. The third-order valence-corrected chi connectivity index (χ3v) is 3.26. The number of aromatic nitrogens is 2. The van der Waals surface area contributed by atoms with Gasteiger partial charge in [0.15, 0.2) is 0 Å². The highest BCUT2D eigenvalue weighted by Crippen LogP contribution is 2.16. The van der Waals surface area contributed by atoms with Crippen molar-refractivity contribution in [2.75, 3.05) is 0 Å². The fourth-order valence-corrected chi connectivity index (χ4v) is 2.10. The molecular formula is C18H15N3O. The summed E-state index contributed by atoms with van der Waals surface area (Å²) in [6.45, 7) is 0.418. The first-order valence-electron chi connectivity index (χ1n) is 7.02. The Balaban J connectivity index is 1.66. The summed E-state index contributed by atoms with van der Waals surface area (Å²) >= 11 is 0. The van der Waals surface area contributed by atoms with Crippen LogP contribution in [0.3, 0.4) is 0 Å². The van der Waals surface area contributed by atoms with Gasteiger partial charge in [-0.05, 0) is 36.4 Å². The molecule has 1 aromatic carbocycles. The van der Waals surface area contributed by atoms with E-state index in [0.29, 0.717) is 12.1 Å². The SMILES string of the molecule is O=C(NCc1ccccn1)c1ccc(-c2ccccn2)cc1. The number of carbonyl (C=O) groups is 1. The molecule has 1 amide bonds. The highest BCUT2D eigenvalue weighted by molar-refractivity contribution is 5.94. The molecule has 0 saturated carbocycles. The van der Waals surface area contributed by atoms with E-state index >= 15 is 0 Å². The fraction of sp³-hybridized carbons (Fsp3) is 0.0556. The monoisotopic (exact) mass is 289 g/mol. The largest absolute Gasteiger partial charge is 0.346 e. The minimum absolute atomic E-state index is 0.113. The maximum atomic E-state index is 12.1. The zero-order chi connectivity index (χ0) is 15.2. The Morgan fingerprint density at radius 1 is 0.864 bits per heavy atom. The van der Waals surface area contributed by atoms with Crippen molar-refractivity contribution in [3.05, 3.63) is 84.3 Å². The number of carbonyl (C=O) groups excluding carboxylic acids is 1. The van der Waals surface area contributed by atoms with E-state index in [1.807, 2.05) is 48.5 Å². The molecule has 0 saturated heterocycles. The molecule has 0 aliphatic rings. The van der Waals surface area contributed by atoms with E-state index in [9.17, 15) is 4.79 Å². The van der Waals surface area contributed by atoms with Gasteiger partial charge in [0.05, 0.1) is 17.9 Å². The number of nitrogens with one attached hydrogen (secondary N) is 1. The summed E-state index contributed by atoms with van der Waals surface area (Å²) in [6.07, 6.45) is 3.46. The summed E-state index contributed by atoms with van der Waals surface area (Å²) in [7, 11) is 0. The van der Waals surface area contributed by atoms with Crippen LogP contribution in [0, 0.1) is 0 Å². The number of hydrogen-bond donors (Lipinski definition) is 1. The molecular weight excluding hydrogens is 274 g/mol. The lowest BCUT2D eigenvalue weighted by atomic mass is 10.1. The van der Waals surface area contributed by atoms with Crippen LogP contribution < -0.4 is 5.32 Å². The molecule has 22 heavy (non-hydrogen) atoms. The van der Waals surface area contributed by atoms with Crippen LogP contribution in [-0.4, -0.2) is 15.9 Å². The van der Waals surface area contributed by atoms with Gasteiger partial charge in [-0.25, -0.2) is 0 Å². The van der Waals surface area contributed by atoms with Gasteiger partial charge in [-0.1, -0.05) is 24.3 Å². The predicted octanol–water partition coefficient (Wildman–Crippen LogP) is 3.07. The molecule has 4 nitrogen and oxygen atoms in total. The van der Waals surface area contributed by atoms with Gasteiger partial charge < -0.3 is 5.32 Å². The Hall–Kier alpha value is -3.01. The molecule has 0 unspecified atom stereocenters. The quantitative estimate of drug-likeness (QED) is 0.803. The number of amides is 1. The average Bonchev–Trinajstić information content (AvgIpc) is 2.61. The third kappa shape index (κ3) is 3.35. The number of pyridine rings is 2. The molecule has 3 aromatic rings. The standard InChI is InChI=1S/C18H15N3O/c22-18(21-13-16-5-1-3-11-19-16)15-9-7-14(8-10-15)17-6-2-4-12-20-17/h1-12H,13H2,(H,21,22). The van der Waals surface area contributed by atoms with E-state index in [0.717, 1.165) is 17.0 Å². The van der Waals surface area contributed by atoms with Gasteiger partial charge in [0, 0.05) is 23.5 Å². The van der Waals surface area contributed by atoms with Gasteiger partial charge in [0.2, 0.25) is 0 Å². The molecule has 2 aromatic heterocycles. The Morgan fingerprint density at radius 2 is 1.59 bits per heavy atom. The topological polar surface area (TPSA) is 54.9 Å². The van der Waals surface area contributed by atoms with E-state index in [-0.39, 0.29) is 5.91 Å². The van der Waals surface area contributed by atoms with Crippen LogP contribution in [0.1, 0.15) is 16.1 Å². The van der Waals surface area contributed by atoms with E-state index in [2.05, 4.69) is 15.3 Å². The summed E-state index contributed by atoms with van der Waals surface area (Å²) in [5.74, 6) is -0.113. The first kappa shape index (κ1) is 13.9. The molecule has 0 bridgehead atoms. The van der Waals surface area contributed by atoms with Gasteiger partial charge >= 0.3 is 0 Å². The summed E-state index contributed by atoms with van der Waals surface area (Å²) in [6, 6.07) is 18.8. The molecule has 0 atom stereocenters. The van der Waals surface area contributed by atoms with Crippen LogP contribution in [-0.2, 0) is 6.54 Å². The molecule has 0 radical (unpaired) electrons. The van der Waals surface area contributed by atoms with Crippen molar-refractivity contribution in [2.45, 2.75) is 6.54 Å². The molecule has 1 N–H and O–H groups in total. The van der Waals surface area contributed by atoms with E-state index < -0.39 is 0 Å². The van der Waals surface area contributed by atoms with Crippen LogP contribution in [0.5, 0.6) is 0 Å². The molecule has 0 aliphatic carbocycles. The lowest BCUT2D eigenvalue weighted by Crippen LogP contribution is -2.23. The number of rotatable bonds is 4. The Labute approximate surface area is 128 Å². The number of benzene rings is 1. The van der Waals surface area contributed by atoms with Crippen molar-refractivity contribution < 1.29 is 4.79 Å². The van der Waals surface area contributed by atoms with Crippen LogP contribution in [0.15, 0.2) is 73.1 Å². The van der Waals surface area contributed by atoms with Gasteiger partial charge in [-0.15, -0.1) is 0 Å². The first-order valence-corrected chi connectivity index (χ1v) is 7.02. The zero-order valence-electron chi connectivity index (χ0n) is 11.9. The Morgan fingerprint density at radius 3 is 2.23 bits per heavy atom. The van der Waals surface area contributed by atoms with Gasteiger partial charge in [0.1, 0.15) is 0 Å². The maximum Gasteiger partial charge on any atom is 0.251 e. The lowest BCUT2D eigenvalue weighted by Gasteiger charge is -2.06. The lowest BCUT2D eigenvalue weighted by molar-refractivity contribution is 0.0950. The molecule has 0 aliphatic heterocycles. The minimum Gasteiger partial charge on any atom is -0.346 e. The van der Waals surface area contributed by atoms with Crippen molar-refractivity contribution >= 4 is 5.91 Å². The van der Waals surface area contributed by atoms with Crippen molar-refractivity contribution in [1.29, 1.82) is 0 Å². The second-order valence-electron chi connectivity index (χ2n) is 4.80. The van der Waals surface area contributed by atoms with E-state index in [4.69, 9.17) is 0 Å². The van der Waals surface area contributed by atoms with Crippen LogP contribution >= 0.6 is 0 Å². The summed E-state index contributed by atoms with van der Waals surface area (Å²) in [5.41, 5.74) is 3.33. The second-order valence-corrected chi connectivity index (χ2v) is 4.80. The zero-order valence-corrected chi connectivity index (χ0v) is 11.9. The number of hydrogen-bond acceptors (Lipinski definition) is 3. The van der Waals surface area contributed by atoms with Crippen LogP contribution in [0.2, 0.25) is 0 Å². The summed E-state index contributed by atoms with van der Waals surface area (Å²) in [5, 5.41) is 2.86. The second kappa shape index (κ2) is 6.63. The third-order valence-electron chi connectivity index (χ3n) is 3.26.